The number of Topliss-reactive ketones (excluding diaryl/α,β-unsaturated/α-hetero) is 1. The molecule has 4 heterocycles. The van der Waals surface area contributed by atoms with Gasteiger partial charge in [-0.15, -0.1) is 6.58 Å². The second-order valence-corrected chi connectivity index (χ2v) is 21.8. The van der Waals surface area contributed by atoms with Crippen molar-refractivity contribution in [3.8, 4) is 0 Å². The van der Waals surface area contributed by atoms with Crippen LogP contribution in [0.25, 0.3) is 11.2 Å². The smallest absolute Gasteiger partial charge is 0.335 e. The molecule has 0 aromatic carbocycles. The van der Waals surface area contributed by atoms with Crippen molar-refractivity contribution < 1.29 is 27.2 Å². The van der Waals surface area contributed by atoms with Gasteiger partial charge in [-0.05, 0) is 22.2 Å². The van der Waals surface area contributed by atoms with Crippen molar-refractivity contribution in [3.63, 3.8) is 0 Å². The third kappa shape index (κ3) is 5.64. The number of aromatic nitrogens is 4. The molecule has 1 N–H and O–H groups in total. The zero-order chi connectivity index (χ0) is 31.1. The van der Waals surface area contributed by atoms with Crippen LogP contribution in [-0.4, -0.2) is 73.9 Å². The molecule has 234 valence electrons. The molecule has 0 radical (unpaired) electrons. The number of ether oxygens (including phenoxy) is 2. The largest absolute Gasteiger partial charge is 0.414 e. The van der Waals surface area contributed by atoms with Crippen molar-refractivity contribution >= 4 is 34.1 Å². The van der Waals surface area contributed by atoms with E-state index in [1.165, 1.54) is 6.33 Å². The van der Waals surface area contributed by atoms with Crippen LogP contribution in [0.5, 0.6) is 0 Å². The van der Waals surface area contributed by atoms with E-state index in [2.05, 4.69) is 76.9 Å². The molecule has 0 saturated carbocycles. The first-order chi connectivity index (χ1) is 19.7. The standard InChI is InChI=1S/C29H48N4O7Si2/c1-12-13-36-25-24-21(14-37-41(17(4)5,18(6)7)40-42(39-24,19(8)9)20(10)11)38-29(25)33-15-30-22-27(33)31-26(32-28(22)35)23(34)16(2)3/h12,15-21,24-25,29H,1,13-14H2,2-11H3,(H,31,32,35)/t21-,24-,25-,29-/m1/s1. The molecule has 4 rings (SSSR count). The summed E-state index contributed by atoms with van der Waals surface area (Å²) in [6.45, 7) is 25.3. The number of nitrogens with zero attached hydrogens (tertiary/aromatic N) is 3. The van der Waals surface area contributed by atoms with Gasteiger partial charge in [-0.2, -0.15) is 0 Å². The normalized spacial score (nSPS) is 25.9. The fourth-order valence-electron chi connectivity index (χ4n) is 6.21. The maximum Gasteiger partial charge on any atom is 0.335 e. The highest BCUT2D eigenvalue weighted by atomic mass is 28.5. The third-order valence-electron chi connectivity index (χ3n) is 8.49. The monoisotopic (exact) mass is 620 g/mol. The number of carbonyl (C=O) groups is 1. The summed E-state index contributed by atoms with van der Waals surface area (Å²) in [5.74, 6) is -0.622. The lowest BCUT2D eigenvalue weighted by molar-refractivity contribution is -0.0642. The van der Waals surface area contributed by atoms with Gasteiger partial charge in [-0.1, -0.05) is 75.3 Å². The Morgan fingerprint density at radius 2 is 1.71 bits per heavy atom. The molecule has 2 aliphatic heterocycles. The minimum atomic E-state index is -2.95. The Morgan fingerprint density at radius 1 is 1.10 bits per heavy atom. The number of fused-ring (bicyclic) bond motifs is 2. The van der Waals surface area contributed by atoms with E-state index in [1.54, 1.807) is 24.5 Å². The topological polar surface area (TPSA) is 127 Å². The molecule has 13 heteroatoms. The Morgan fingerprint density at radius 3 is 2.26 bits per heavy atom. The van der Waals surface area contributed by atoms with Gasteiger partial charge < -0.3 is 27.4 Å². The van der Waals surface area contributed by atoms with Crippen LogP contribution in [0.2, 0.25) is 22.2 Å². The van der Waals surface area contributed by atoms with Gasteiger partial charge in [0, 0.05) is 5.92 Å². The quantitative estimate of drug-likeness (QED) is 0.211. The van der Waals surface area contributed by atoms with Crippen molar-refractivity contribution in [2.75, 3.05) is 13.2 Å². The Bertz CT molecular complexity index is 1320. The molecule has 0 aliphatic carbocycles. The van der Waals surface area contributed by atoms with Crippen LogP contribution < -0.4 is 5.56 Å². The maximum absolute atomic E-state index is 12.9. The Balaban J connectivity index is 1.86. The summed E-state index contributed by atoms with van der Waals surface area (Å²) in [5.41, 5.74) is 0.513. The van der Waals surface area contributed by atoms with Crippen molar-refractivity contribution in [1.29, 1.82) is 0 Å². The summed E-state index contributed by atoms with van der Waals surface area (Å²) in [4.78, 5) is 37.2. The van der Waals surface area contributed by atoms with E-state index in [4.69, 9.17) is 22.4 Å². The van der Waals surface area contributed by atoms with Crippen molar-refractivity contribution in [2.45, 2.75) is 116 Å². The number of carbonyl (C=O) groups excluding carboxylic acids is 1. The molecule has 0 bridgehead atoms. The van der Waals surface area contributed by atoms with E-state index in [9.17, 15) is 9.59 Å². The number of hydrogen-bond acceptors (Lipinski definition) is 9. The van der Waals surface area contributed by atoms with Crippen molar-refractivity contribution in [3.05, 3.63) is 35.2 Å². The van der Waals surface area contributed by atoms with E-state index in [-0.39, 0.29) is 64.1 Å². The van der Waals surface area contributed by atoms with Crippen LogP contribution in [0.15, 0.2) is 23.8 Å². The summed E-state index contributed by atoms with van der Waals surface area (Å²) < 4.78 is 36.3. The van der Waals surface area contributed by atoms with E-state index in [0.717, 1.165) is 0 Å². The Kier molecular flexibility index (Phi) is 9.82. The minimum Gasteiger partial charge on any atom is -0.414 e. The lowest BCUT2D eigenvalue weighted by Gasteiger charge is -2.51. The molecule has 2 aliphatic rings. The van der Waals surface area contributed by atoms with Crippen LogP contribution >= 0.6 is 0 Å². The molecule has 42 heavy (non-hydrogen) atoms. The Hall–Kier alpha value is -2.01. The maximum atomic E-state index is 12.9. The zero-order valence-corrected chi connectivity index (χ0v) is 28.7. The molecule has 0 amide bonds. The molecular formula is C29H48N4O7Si2. The van der Waals surface area contributed by atoms with Crippen LogP contribution in [0.1, 0.15) is 86.1 Å². The number of aromatic amines is 1. The van der Waals surface area contributed by atoms with Crippen LogP contribution in [0, 0.1) is 5.92 Å². The number of H-pyrrole nitrogens is 1. The van der Waals surface area contributed by atoms with Gasteiger partial charge in [0.15, 0.2) is 23.2 Å². The molecule has 0 unspecified atom stereocenters. The Labute approximate surface area is 250 Å². The highest BCUT2D eigenvalue weighted by Gasteiger charge is 2.62. The van der Waals surface area contributed by atoms with Gasteiger partial charge in [0.2, 0.25) is 5.78 Å². The highest BCUT2D eigenvalue weighted by Crippen LogP contribution is 2.49. The van der Waals surface area contributed by atoms with Gasteiger partial charge >= 0.3 is 17.1 Å². The first kappa shape index (κ1) is 32.9. The molecule has 2 fully saturated rings. The SMILES string of the molecule is C=CCO[C@@H]1[C@@H]2O[Si](C(C)C)(C(C)C)O[Si](C(C)C)(C(C)C)OC[C@H]2O[C@H]1n1cnc2c(=O)[nH]c(C(=O)C(C)C)nc21. The van der Waals surface area contributed by atoms with Gasteiger partial charge in [0.25, 0.3) is 5.56 Å². The molecule has 4 atom stereocenters. The van der Waals surface area contributed by atoms with Crippen LogP contribution in [0.3, 0.4) is 0 Å². The molecule has 2 aromatic heterocycles. The average molecular weight is 621 g/mol. The van der Waals surface area contributed by atoms with E-state index in [0.29, 0.717) is 0 Å². The molecular weight excluding hydrogens is 573 g/mol. The van der Waals surface area contributed by atoms with Crippen molar-refractivity contribution in [2.24, 2.45) is 5.92 Å². The van der Waals surface area contributed by atoms with Gasteiger partial charge in [-0.3, -0.25) is 14.2 Å². The predicted molar refractivity (Wildman–Crippen MR) is 165 cm³/mol. The first-order valence-electron chi connectivity index (χ1n) is 15.1. The van der Waals surface area contributed by atoms with Crippen LogP contribution in [0.4, 0.5) is 0 Å². The second-order valence-electron chi connectivity index (χ2n) is 13.0. The lowest BCUT2D eigenvalue weighted by Crippen LogP contribution is -2.66. The van der Waals surface area contributed by atoms with Gasteiger partial charge in [-0.25, -0.2) is 9.97 Å². The van der Waals surface area contributed by atoms with Crippen LogP contribution in [-0.2, 0) is 22.4 Å². The predicted octanol–water partition coefficient (Wildman–Crippen LogP) is 5.38. The number of hydrogen-bond donors (Lipinski definition) is 1. The molecule has 2 saturated heterocycles. The second kappa shape index (κ2) is 12.5. The van der Waals surface area contributed by atoms with E-state index >= 15 is 0 Å². The number of nitrogens with one attached hydrogen (secondary N) is 1. The van der Waals surface area contributed by atoms with E-state index < -0.39 is 47.2 Å². The summed E-state index contributed by atoms with van der Waals surface area (Å²) in [6.07, 6.45) is 0.841. The number of rotatable bonds is 10. The highest BCUT2D eigenvalue weighted by molar-refractivity contribution is 6.84. The number of imidazole rings is 1. The minimum absolute atomic E-state index is 0.0134. The molecule has 2 aromatic rings. The number of ketones is 1. The lowest BCUT2D eigenvalue weighted by atomic mass is 10.1. The fourth-order valence-corrected chi connectivity index (χ4v) is 17.4. The molecule has 0 spiro atoms. The van der Waals surface area contributed by atoms with Crippen molar-refractivity contribution in [1.82, 2.24) is 19.5 Å². The fraction of sp³-hybridized carbons (Fsp3) is 0.724. The summed E-state index contributed by atoms with van der Waals surface area (Å²) in [5, 5.41) is 0. The average Bonchev–Trinajstić information content (AvgIpc) is 3.47. The summed E-state index contributed by atoms with van der Waals surface area (Å²) >= 11 is 0. The van der Waals surface area contributed by atoms with Gasteiger partial charge in [0.05, 0.1) is 19.5 Å². The van der Waals surface area contributed by atoms with Gasteiger partial charge in [0.1, 0.15) is 18.3 Å². The first-order valence-corrected chi connectivity index (χ1v) is 19.0. The third-order valence-corrected chi connectivity index (χ3v) is 18.7. The summed E-state index contributed by atoms with van der Waals surface area (Å²) in [7, 11) is -5.72. The summed E-state index contributed by atoms with van der Waals surface area (Å²) in [6, 6.07) is 0. The zero-order valence-electron chi connectivity index (χ0n) is 26.7. The molecule has 11 nitrogen and oxygen atoms in total. The van der Waals surface area contributed by atoms with E-state index in [1.807, 2.05) is 0 Å².